The summed E-state index contributed by atoms with van der Waals surface area (Å²) in [4.78, 5) is 25.1. The first-order valence-corrected chi connectivity index (χ1v) is 8.72. The lowest BCUT2D eigenvalue weighted by Gasteiger charge is -2.18. The van der Waals surface area contributed by atoms with Gasteiger partial charge < -0.3 is 10.6 Å². The van der Waals surface area contributed by atoms with Crippen molar-refractivity contribution in [3.8, 4) is 0 Å². The van der Waals surface area contributed by atoms with Gasteiger partial charge in [-0.3, -0.25) is 9.59 Å². The monoisotopic (exact) mass is 342 g/mol. The first kappa shape index (κ1) is 18.1. The van der Waals surface area contributed by atoms with Gasteiger partial charge >= 0.3 is 0 Å². The van der Waals surface area contributed by atoms with Gasteiger partial charge in [-0.25, -0.2) is 0 Å². The van der Waals surface area contributed by atoms with Crippen LogP contribution in [0.2, 0.25) is 0 Å². The van der Waals surface area contributed by atoms with Gasteiger partial charge in [0.15, 0.2) is 0 Å². The number of carbonyl (C=O) groups excluding carboxylic acids is 2. The van der Waals surface area contributed by atoms with E-state index in [0.717, 1.165) is 4.90 Å². The molecule has 0 saturated heterocycles. The second-order valence-electron chi connectivity index (χ2n) is 6.43. The average Bonchev–Trinajstić information content (AvgIpc) is 2.53. The lowest BCUT2D eigenvalue weighted by atomic mass is 9.95. The molecule has 0 aliphatic rings. The molecule has 2 N–H and O–H groups in total. The molecule has 0 atom stereocenters. The maximum atomic E-state index is 12.1. The molecule has 2 amide bonds. The van der Waals surface area contributed by atoms with Gasteiger partial charge in [-0.05, 0) is 30.3 Å². The fourth-order valence-electron chi connectivity index (χ4n) is 1.86. The summed E-state index contributed by atoms with van der Waals surface area (Å²) in [7, 11) is 0. The molecule has 0 aliphatic heterocycles. The van der Waals surface area contributed by atoms with Crippen LogP contribution in [-0.4, -0.2) is 17.6 Å². The van der Waals surface area contributed by atoms with Crippen molar-refractivity contribution >= 4 is 35.0 Å². The van der Waals surface area contributed by atoms with Crippen LogP contribution in [0.15, 0.2) is 59.5 Å². The maximum Gasteiger partial charge on any atom is 0.234 e. The van der Waals surface area contributed by atoms with E-state index in [4.69, 9.17) is 0 Å². The Morgan fingerprint density at radius 1 is 0.917 bits per heavy atom. The molecule has 0 saturated carbocycles. The summed E-state index contributed by atoms with van der Waals surface area (Å²) >= 11 is 1.48. The molecule has 2 aromatic rings. The summed E-state index contributed by atoms with van der Waals surface area (Å²) in [5.74, 6) is 0.191. The van der Waals surface area contributed by atoms with Gasteiger partial charge in [0.05, 0.1) is 5.75 Å². The van der Waals surface area contributed by atoms with Crippen molar-refractivity contribution in [2.75, 3.05) is 16.4 Å². The standard InChI is InChI=1S/C19H22N2O2S/c1-19(2,3)18(23)21-15-9-7-8-14(12-15)20-17(22)13-24-16-10-5-4-6-11-16/h4-12H,13H2,1-3H3,(H,20,22)(H,21,23). The average molecular weight is 342 g/mol. The second kappa shape index (κ2) is 8.02. The lowest BCUT2D eigenvalue weighted by molar-refractivity contribution is -0.123. The summed E-state index contributed by atoms with van der Waals surface area (Å²) < 4.78 is 0. The SMILES string of the molecule is CC(C)(C)C(=O)Nc1cccc(NC(=O)CSc2ccccc2)c1. The number of hydrogen-bond donors (Lipinski definition) is 2. The molecular formula is C19H22N2O2S. The van der Waals surface area contributed by atoms with Crippen molar-refractivity contribution in [2.45, 2.75) is 25.7 Å². The zero-order valence-electron chi connectivity index (χ0n) is 14.1. The summed E-state index contributed by atoms with van der Waals surface area (Å²) in [5, 5.41) is 5.71. The van der Waals surface area contributed by atoms with Crippen LogP contribution in [0, 0.1) is 5.41 Å². The molecule has 0 aliphatic carbocycles. The summed E-state index contributed by atoms with van der Waals surface area (Å²) in [6, 6.07) is 17.0. The Kier molecular flexibility index (Phi) is 6.04. The number of nitrogens with one attached hydrogen (secondary N) is 2. The van der Waals surface area contributed by atoms with E-state index < -0.39 is 5.41 Å². The molecule has 4 nitrogen and oxygen atoms in total. The zero-order valence-corrected chi connectivity index (χ0v) is 14.9. The van der Waals surface area contributed by atoms with Crippen LogP contribution in [0.4, 0.5) is 11.4 Å². The molecule has 0 spiro atoms. The van der Waals surface area contributed by atoms with Crippen molar-refractivity contribution < 1.29 is 9.59 Å². The minimum Gasteiger partial charge on any atom is -0.326 e. The fourth-order valence-corrected chi connectivity index (χ4v) is 2.58. The Morgan fingerprint density at radius 3 is 2.17 bits per heavy atom. The Balaban J connectivity index is 1.91. The Bertz CT molecular complexity index is 709. The van der Waals surface area contributed by atoms with E-state index in [2.05, 4.69) is 10.6 Å². The third kappa shape index (κ3) is 5.74. The molecule has 0 radical (unpaired) electrons. The molecular weight excluding hydrogens is 320 g/mol. The molecule has 24 heavy (non-hydrogen) atoms. The van der Waals surface area contributed by atoms with Crippen LogP contribution >= 0.6 is 11.8 Å². The van der Waals surface area contributed by atoms with E-state index in [1.54, 1.807) is 24.3 Å². The molecule has 0 unspecified atom stereocenters. The molecule has 2 rings (SSSR count). The molecule has 2 aromatic carbocycles. The minimum absolute atomic E-state index is 0.0643. The lowest BCUT2D eigenvalue weighted by Crippen LogP contribution is -2.27. The van der Waals surface area contributed by atoms with E-state index in [1.807, 2.05) is 51.1 Å². The summed E-state index contributed by atoms with van der Waals surface area (Å²) in [5.41, 5.74) is 0.870. The molecule has 0 bridgehead atoms. The normalized spacial score (nSPS) is 11.0. The Morgan fingerprint density at radius 2 is 1.54 bits per heavy atom. The number of amides is 2. The van der Waals surface area contributed by atoms with Gasteiger partial charge in [-0.15, -0.1) is 11.8 Å². The number of rotatable bonds is 5. The van der Waals surface area contributed by atoms with E-state index >= 15 is 0 Å². The van der Waals surface area contributed by atoms with Crippen LogP contribution in [0.25, 0.3) is 0 Å². The first-order valence-electron chi connectivity index (χ1n) is 7.74. The summed E-state index contributed by atoms with van der Waals surface area (Å²) in [6.07, 6.45) is 0. The highest BCUT2D eigenvalue weighted by atomic mass is 32.2. The highest BCUT2D eigenvalue weighted by Gasteiger charge is 2.21. The molecule has 0 aromatic heterocycles. The van der Waals surface area contributed by atoms with Crippen molar-refractivity contribution in [2.24, 2.45) is 5.41 Å². The Labute approximate surface area is 147 Å². The number of benzene rings is 2. The number of carbonyl (C=O) groups is 2. The van der Waals surface area contributed by atoms with Gasteiger partial charge in [0.2, 0.25) is 11.8 Å². The number of thioether (sulfide) groups is 1. The fraction of sp³-hybridized carbons (Fsp3) is 0.263. The van der Waals surface area contributed by atoms with E-state index in [9.17, 15) is 9.59 Å². The van der Waals surface area contributed by atoms with Crippen molar-refractivity contribution in [3.63, 3.8) is 0 Å². The van der Waals surface area contributed by atoms with Gasteiger partial charge in [0.25, 0.3) is 0 Å². The van der Waals surface area contributed by atoms with Crippen molar-refractivity contribution in [3.05, 3.63) is 54.6 Å². The maximum absolute atomic E-state index is 12.1. The largest absolute Gasteiger partial charge is 0.326 e. The third-order valence-electron chi connectivity index (χ3n) is 3.20. The predicted octanol–water partition coefficient (Wildman–Crippen LogP) is 4.40. The van der Waals surface area contributed by atoms with Crippen molar-refractivity contribution in [1.29, 1.82) is 0 Å². The van der Waals surface area contributed by atoms with Crippen LogP contribution in [-0.2, 0) is 9.59 Å². The quantitative estimate of drug-likeness (QED) is 0.792. The van der Waals surface area contributed by atoms with Gasteiger partial charge in [-0.2, -0.15) is 0 Å². The molecule has 0 heterocycles. The van der Waals surface area contributed by atoms with E-state index in [-0.39, 0.29) is 11.8 Å². The predicted molar refractivity (Wildman–Crippen MR) is 100 cm³/mol. The van der Waals surface area contributed by atoms with Gasteiger partial charge in [0, 0.05) is 21.7 Å². The first-order chi connectivity index (χ1) is 11.3. The van der Waals surface area contributed by atoms with E-state index in [1.165, 1.54) is 11.8 Å². The topological polar surface area (TPSA) is 58.2 Å². The number of anilines is 2. The third-order valence-corrected chi connectivity index (χ3v) is 4.21. The smallest absolute Gasteiger partial charge is 0.234 e. The van der Waals surface area contributed by atoms with Gasteiger partial charge in [-0.1, -0.05) is 45.0 Å². The summed E-state index contributed by atoms with van der Waals surface area (Å²) in [6.45, 7) is 5.57. The minimum atomic E-state index is -0.467. The highest BCUT2D eigenvalue weighted by Crippen LogP contribution is 2.21. The molecule has 5 heteroatoms. The molecule has 0 fully saturated rings. The molecule has 126 valence electrons. The second-order valence-corrected chi connectivity index (χ2v) is 7.48. The van der Waals surface area contributed by atoms with Crippen LogP contribution in [0.5, 0.6) is 0 Å². The van der Waals surface area contributed by atoms with Crippen LogP contribution < -0.4 is 10.6 Å². The zero-order chi connectivity index (χ0) is 17.6. The van der Waals surface area contributed by atoms with Crippen LogP contribution in [0.3, 0.4) is 0 Å². The van der Waals surface area contributed by atoms with Gasteiger partial charge in [0.1, 0.15) is 0 Å². The van der Waals surface area contributed by atoms with E-state index in [0.29, 0.717) is 17.1 Å². The highest BCUT2D eigenvalue weighted by molar-refractivity contribution is 8.00. The van der Waals surface area contributed by atoms with Crippen LogP contribution in [0.1, 0.15) is 20.8 Å². The van der Waals surface area contributed by atoms with Crippen molar-refractivity contribution in [1.82, 2.24) is 0 Å². The Hall–Kier alpha value is -2.27. The number of hydrogen-bond acceptors (Lipinski definition) is 3.